The standard InChI is InChI=1S/C13H10F3N3O/c14-13(15,16)11-3-1-2-8(5-11)9-4-10(7-18-6-9)12(17)19-20/h1-7,20H,(H2,17,19). The molecule has 20 heavy (non-hydrogen) atoms. The van der Waals surface area contributed by atoms with Crippen molar-refractivity contribution in [3.05, 3.63) is 53.9 Å². The van der Waals surface area contributed by atoms with Gasteiger partial charge in [0.15, 0.2) is 5.84 Å². The van der Waals surface area contributed by atoms with Crippen LogP contribution in [0.25, 0.3) is 11.1 Å². The van der Waals surface area contributed by atoms with Gasteiger partial charge in [0.05, 0.1) is 5.56 Å². The van der Waals surface area contributed by atoms with Crippen LogP contribution >= 0.6 is 0 Å². The molecule has 4 nitrogen and oxygen atoms in total. The summed E-state index contributed by atoms with van der Waals surface area (Å²) in [5.74, 6) is -0.161. The molecule has 2 aromatic rings. The normalized spacial score (nSPS) is 12.4. The Morgan fingerprint density at radius 3 is 2.55 bits per heavy atom. The quantitative estimate of drug-likeness (QED) is 0.385. The summed E-state index contributed by atoms with van der Waals surface area (Å²) in [6.45, 7) is 0. The number of hydrogen-bond acceptors (Lipinski definition) is 3. The topological polar surface area (TPSA) is 71.5 Å². The molecule has 0 spiro atoms. The van der Waals surface area contributed by atoms with Crippen molar-refractivity contribution in [2.45, 2.75) is 6.18 Å². The summed E-state index contributed by atoms with van der Waals surface area (Å²) in [4.78, 5) is 3.87. The molecule has 0 amide bonds. The predicted octanol–water partition coefficient (Wildman–Crippen LogP) is 2.86. The molecule has 0 saturated heterocycles. The van der Waals surface area contributed by atoms with Crippen LogP contribution in [0.4, 0.5) is 13.2 Å². The number of nitrogens with two attached hydrogens (primary N) is 1. The van der Waals surface area contributed by atoms with Crippen LogP contribution in [0.1, 0.15) is 11.1 Å². The lowest BCUT2D eigenvalue weighted by molar-refractivity contribution is -0.137. The van der Waals surface area contributed by atoms with E-state index in [-0.39, 0.29) is 5.84 Å². The van der Waals surface area contributed by atoms with Crippen molar-refractivity contribution in [2.75, 3.05) is 0 Å². The average Bonchev–Trinajstić information content (AvgIpc) is 2.46. The van der Waals surface area contributed by atoms with Gasteiger partial charge in [-0.2, -0.15) is 13.2 Å². The molecule has 1 aromatic carbocycles. The fraction of sp³-hybridized carbons (Fsp3) is 0.0769. The van der Waals surface area contributed by atoms with Crippen molar-refractivity contribution >= 4 is 5.84 Å². The van der Waals surface area contributed by atoms with Gasteiger partial charge in [-0.15, -0.1) is 0 Å². The highest BCUT2D eigenvalue weighted by atomic mass is 19.4. The molecule has 0 atom stereocenters. The Labute approximate surface area is 112 Å². The third kappa shape index (κ3) is 2.87. The van der Waals surface area contributed by atoms with Crippen LogP contribution in [0.5, 0.6) is 0 Å². The Kier molecular flexibility index (Phi) is 3.60. The van der Waals surface area contributed by atoms with Crippen molar-refractivity contribution in [2.24, 2.45) is 10.9 Å². The molecule has 0 fully saturated rings. The van der Waals surface area contributed by atoms with E-state index >= 15 is 0 Å². The van der Waals surface area contributed by atoms with Gasteiger partial charge in [-0.25, -0.2) is 0 Å². The molecule has 0 aliphatic carbocycles. The van der Waals surface area contributed by atoms with Gasteiger partial charge in [0, 0.05) is 23.5 Å². The first-order valence-corrected chi connectivity index (χ1v) is 5.52. The third-order valence-electron chi connectivity index (χ3n) is 2.66. The van der Waals surface area contributed by atoms with Crippen LogP contribution in [0.2, 0.25) is 0 Å². The number of halogens is 3. The van der Waals surface area contributed by atoms with E-state index in [1.807, 2.05) is 0 Å². The molecule has 104 valence electrons. The fourth-order valence-electron chi connectivity index (χ4n) is 1.67. The molecular weight excluding hydrogens is 271 g/mol. The number of hydrogen-bond donors (Lipinski definition) is 2. The number of rotatable bonds is 2. The van der Waals surface area contributed by atoms with Crippen LogP contribution in [0.15, 0.2) is 47.9 Å². The van der Waals surface area contributed by atoms with E-state index < -0.39 is 11.7 Å². The monoisotopic (exact) mass is 281 g/mol. The first kappa shape index (κ1) is 13.9. The lowest BCUT2D eigenvalue weighted by Crippen LogP contribution is -2.13. The summed E-state index contributed by atoms with van der Waals surface area (Å²) < 4.78 is 38.0. The molecular formula is C13H10F3N3O. The number of aromatic nitrogens is 1. The van der Waals surface area contributed by atoms with E-state index in [9.17, 15) is 13.2 Å². The highest BCUT2D eigenvalue weighted by Crippen LogP contribution is 2.32. The van der Waals surface area contributed by atoms with Gasteiger partial charge < -0.3 is 10.9 Å². The summed E-state index contributed by atoms with van der Waals surface area (Å²) in [6.07, 6.45) is -1.65. The van der Waals surface area contributed by atoms with Gasteiger partial charge in [-0.3, -0.25) is 4.98 Å². The van der Waals surface area contributed by atoms with E-state index in [2.05, 4.69) is 10.1 Å². The lowest BCUT2D eigenvalue weighted by Gasteiger charge is -2.09. The number of nitrogens with zero attached hydrogens (tertiary/aromatic N) is 2. The number of amidine groups is 1. The summed E-state index contributed by atoms with van der Waals surface area (Å²) in [5, 5.41) is 11.4. The van der Waals surface area contributed by atoms with Gasteiger partial charge in [0.2, 0.25) is 0 Å². The lowest BCUT2D eigenvalue weighted by atomic mass is 10.0. The third-order valence-corrected chi connectivity index (χ3v) is 2.66. The Balaban J connectivity index is 2.47. The molecule has 0 unspecified atom stereocenters. The highest BCUT2D eigenvalue weighted by molar-refractivity contribution is 5.97. The zero-order chi connectivity index (χ0) is 14.8. The molecule has 0 aliphatic rings. The van der Waals surface area contributed by atoms with E-state index in [4.69, 9.17) is 10.9 Å². The average molecular weight is 281 g/mol. The Bertz CT molecular complexity index is 653. The smallest absolute Gasteiger partial charge is 0.409 e. The minimum Gasteiger partial charge on any atom is -0.409 e. The van der Waals surface area contributed by atoms with Crippen molar-refractivity contribution in [3.8, 4) is 11.1 Å². The molecule has 3 N–H and O–H groups in total. The second-order valence-electron chi connectivity index (χ2n) is 4.03. The molecule has 2 rings (SSSR count). The van der Waals surface area contributed by atoms with Gasteiger partial charge in [-0.05, 0) is 23.8 Å². The maximum absolute atomic E-state index is 12.7. The molecule has 1 heterocycles. The van der Waals surface area contributed by atoms with E-state index in [0.29, 0.717) is 16.7 Å². The van der Waals surface area contributed by atoms with Crippen LogP contribution in [-0.4, -0.2) is 16.0 Å². The van der Waals surface area contributed by atoms with Gasteiger partial charge in [0.25, 0.3) is 0 Å². The maximum Gasteiger partial charge on any atom is 0.416 e. The Morgan fingerprint density at radius 2 is 1.90 bits per heavy atom. The number of alkyl halides is 3. The summed E-state index contributed by atoms with van der Waals surface area (Å²) >= 11 is 0. The molecule has 0 bridgehead atoms. The van der Waals surface area contributed by atoms with Crippen molar-refractivity contribution in [1.29, 1.82) is 0 Å². The second-order valence-corrected chi connectivity index (χ2v) is 4.03. The first-order valence-electron chi connectivity index (χ1n) is 5.52. The fourth-order valence-corrected chi connectivity index (χ4v) is 1.67. The largest absolute Gasteiger partial charge is 0.416 e. The van der Waals surface area contributed by atoms with Gasteiger partial charge >= 0.3 is 6.18 Å². The summed E-state index contributed by atoms with van der Waals surface area (Å²) in [6, 6.07) is 6.35. The van der Waals surface area contributed by atoms with Gasteiger partial charge in [-0.1, -0.05) is 17.3 Å². The molecule has 0 saturated carbocycles. The van der Waals surface area contributed by atoms with Crippen molar-refractivity contribution < 1.29 is 18.4 Å². The SMILES string of the molecule is N/C(=N/O)c1cncc(-c2cccc(C(F)(F)F)c2)c1. The number of benzene rings is 1. The summed E-state index contributed by atoms with van der Waals surface area (Å²) in [7, 11) is 0. The minimum absolute atomic E-state index is 0.161. The molecule has 0 aliphatic heterocycles. The highest BCUT2D eigenvalue weighted by Gasteiger charge is 2.30. The van der Waals surface area contributed by atoms with E-state index in [1.165, 1.54) is 30.6 Å². The number of oxime groups is 1. The van der Waals surface area contributed by atoms with Crippen LogP contribution in [0.3, 0.4) is 0 Å². The predicted molar refractivity (Wildman–Crippen MR) is 67.2 cm³/mol. The molecule has 1 aromatic heterocycles. The van der Waals surface area contributed by atoms with E-state index in [0.717, 1.165) is 12.1 Å². The Hall–Kier alpha value is -2.57. The zero-order valence-electron chi connectivity index (χ0n) is 10.1. The first-order chi connectivity index (χ1) is 9.41. The van der Waals surface area contributed by atoms with Crippen molar-refractivity contribution in [3.63, 3.8) is 0 Å². The number of pyridine rings is 1. The Morgan fingerprint density at radius 1 is 1.15 bits per heavy atom. The summed E-state index contributed by atoms with van der Waals surface area (Å²) in [5.41, 5.74) is 5.79. The minimum atomic E-state index is -4.41. The maximum atomic E-state index is 12.7. The zero-order valence-corrected chi connectivity index (χ0v) is 10.1. The van der Waals surface area contributed by atoms with Crippen molar-refractivity contribution in [1.82, 2.24) is 4.98 Å². The van der Waals surface area contributed by atoms with Crippen LogP contribution in [-0.2, 0) is 6.18 Å². The second kappa shape index (κ2) is 5.20. The molecule has 7 heteroatoms. The van der Waals surface area contributed by atoms with Gasteiger partial charge in [0.1, 0.15) is 0 Å². The van der Waals surface area contributed by atoms with Crippen LogP contribution in [0, 0.1) is 0 Å². The van der Waals surface area contributed by atoms with Crippen LogP contribution < -0.4 is 5.73 Å². The molecule has 0 radical (unpaired) electrons. The van der Waals surface area contributed by atoms with E-state index in [1.54, 1.807) is 0 Å².